The molecule has 0 aromatic heterocycles. The Morgan fingerprint density at radius 2 is 1.77 bits per heavy atom. The number of hydrogen-bond acceptors (Lipinski definition) is 4. The van der Waals surface area contributed by atoms with Gasteiger partial charge in [-0.1, -0.05) is 18.9 Å². The summed E-state index contributed by atoms with van der Waals surface area (Å²) in [5.74, 6) is -1.88. The topological polar surface area (TPSA) is 84.5 Å². The van der Waals surface area contributed by atoms with E-state index in [1.54, 1.807) is 24.3 Å². The van der Waals surface area contributed by atoms with E-state index in [1.807, 2.05) is 6.92 Å². The molecule has 0 heterocycles. The number of hydrogen-bond donors (Lipinski definition) is 2. The molecule has 0 spiro atoms. The number of esters is 1. The number of rotatable bonds is 5. The van der Waals surface area contributed by atoms with Crippen molar-refractivity contribution < 1.29 is 23.5 Å². The van der Waals surface area contributed by atoms with Crippen LogP contribution in [-0.4, -0.2) is 30.4 Å². The number of halogens is 1. The standard InChI is InChI=1S/C23H25FN2O4/c1-23(13-4-3-8-19(23)22(29)30-2)26-21(28)16-6-5-7-18(14-16)25-20(27)15-9-11-17(24)12-10-15/h5-7,9-12,14,19H,3-4,8,13H2,1-2H3,(H,25,27)(H,26,28)/t19-,23-/m0/s1. The van der Waals surface area contributed by atoms with Gasteiger partial charge in [0, 0.05) is 16.8 Å². The molecule has 6 nitrogen and oxygen atoms in total. The van der Waals surface area contributed by atoms with E-state index in [2.05, 4.69) is 10.6 Å². The Bertz CT molecular complexity index is 944. The van der Waals surface area contributed by atoms with E-state index in [9.17, 15) is 18.8 Å². The van der Waals surface area contributed by atoms with Gasteiger partial charge in [-0.3, -0.25) is 14.4 Å². The third kappa shape index (κ3) is 4.84. The largest absolute Gasteiger partial charge is 0.469 e. The van der Waals surface area contributed by atoms with Crippen molar-refractivity contribution >= 4 is 23.5 Å². The third-order valence-electron chi connectivity index (χ3n) is 5.58. The number of methoxy groups -OCH3 is 1. The van der Waals surface area contributed by atoms with Crippen LogP contribution >= 0.6 is 0 Å². The van der Waals surface area contributed by atoms with Gasteiger partial charge in [0.05, 0.1) is 18.6 Å². The monoisotopic (exact) mass is 412 g/mol. The summed E-state index contributed by atoms with van der Waals surface area (Å²) in [6.45, 7) is 1.87. The highest BCUT2D eigenvalue weighted by Gasteiger charge is 2.42. The molecule has 1 aliphatic rings. The maximum absolute atomic E-state index is 13.0. The molecule has 2 atom stereocenters. The highest BCUT2D eigenvalue weighted by molar-refractivity contribution is 6.05. The fourth-order valence-corrected chi connectivity index (χ4v) is 3.88. The molecule has 2 N–H and O–H groups in total. The predicted molar refractivity (Wildman–Crippen MR) is 111 cm³/mol. The Morgan fingerprint density at radius 1 is 1.03 bits per heavy atom. The van der Waals surface area contributed by atoms with Crippen LogP contribution < -0.4 is 10.6 Å². The molecule has 2 aromatic rings. The van der Waals surface area contributed by atoms with Gasteiger partial charge < -0.3 is 15.4 Å². The summed E-state index contributed by atoms with van der Waals surface area (Å²) in [4.78, 5) is 37.4. The normalized spacial score (nSPS) is 20.8. The Kier molecular flexibility index (Phi) is 6.50. The number of benzene rings is 2. The lowest BCUT2D eigenvalue weighted by molar-refractivity contribution is -0.149. The minimum absolute atomic E-state index is 0.307. The summed E-state index contributed by atoms with van der Waals surface area (Å²) in [5.41, 5.74) is 0.412. The zero-order valence-corrected chi connectivity index (χ0v) is 17.0. The number of carbonyl (C=O) groups is 3. The number of carbonyl (C=O) groups excluding carboxylic acids is 3. The van der Waals surface area contributed by atoms with Gasteiger partial charge in [0.2, 0.25) is 0 Å². The van der Waals surface area contributed by atoms with E-state index in [0.29, 0.717) is 29.7 Å². The van der Waals surface area contributed by atoms with Crippen molar-refractivity contribution in [2.24, 2.45) is 5.92 Å². The van der Waals surface area contributed by atoms with Crippen LogP contribution in [0.3, 0.4) is 0 Å². The van der Waals surface area contributed by atoms with Crippen molar-refractivity contribution in [1.29, 1.82) is 0 Å². The van der Waals surface area contributed by atoms with Crippen LogP contribution in [0.5, 0.6) is 0 Å². The summed E-state index contributed by atoms with van der Waals surface area (Å²) in [6.07, 6.45) is 3.17. The first kappa shape index (κ1) is 21.5. The summed E-state index contributed by atoms with van der Waals surface area (Å²) >= 11 is 0. The van der Waals surface area contributed by atoms with Crippen LogP contribution in [0.25, 0.3) is 0 Å². The summed E-state index contributed by atoms with van der Waals surface area (Å²) in [6, 6.07) is 11.7. The second kappa shape index (κ2) is 9.07. The van der Waals surface area contributed by atoms with Gasteiger partial charge in [-0.2, -0.15) is 0 Å². The van der Waals surface area contributed by atoms with E-state index >= 15 is 0 Å². The van der Waals surface area contributed by atoms with E-state index in [0.717, 1.165) is 12.8 Å². The van der Waals surface area contributed by atoms with Crippen LogP contribution in [-0.2, 0) is 9.53 Å². The second-order valence-electron chi connectivity index (χ2n) is 7.73. The molecule has 1 aliphatic carbocycles. The van der Waals surface area contributed by atoms with Crippen molar-refractivity contribution in [3.8, 4) is 0 Å². The quantitative estimate of drug-likeness (QED) is 0.729. The van der Waals surface area contributed by atoms with Gasteiger partial charge >= 0.3 is 5.97 Å². The average molecular weight is 412 g/mol. The molecule has 1 saturated carbocycles. The van der Waals surface area contributed by atoms with E-state index in [1.165, 1.54) is 31.4 Å². The van der Waals surface area contributed by atoms with Gasteiger partial charge in [-0.25, -0.2) is 4.39 Å². The smallest absolute Gasteiger partial charge is 0.311 e. The van der Waals surface area contributed by atoms with Gasteiger partial charge in [0.1, 0.15) is 5.82 Å². The molecule has 3 rings (SSSR count). The van der Waals surface area contributed by atoms with Gasteiger partial charge in [0.25, 0.3) is 11.8 Å². The fourth-order valence-electron chi connectivity index (χ4n) is 3.88. The average Bonchev–Trinajstić information content (AvgIpc) is 2.74. The Balaban J connectivity index is 1.73. The lowest BCUT2D eigenvalue weighted by atomic mass is 9.73. The van der Waals surface area contributed by atoms with Crippen molar-refractivity contribution in [2.45, 2.75) is 38.1 Å². The number of nitrogens with one attached hydrogen (secondary N) is 2. The Morgan fingerprint density at radius 3 is 2.47 bits per heavy atom. The SMILES string of the molecule is COC(=O)[C@@H]1CCCC[C@]1(C)NC(=O)c1cccc(NC(=O)c2ccc(F)cc2)c1. The molecule has 0 unspecified atom stereocenters. The number of ether oxygens (including phenoxy) is 1. The van der Waals surface area contributed by atoms with E-state index in [4.69, 9.17) is 4.74 Å². The zero-order valence-electron chi connectivity index (χ0n) is 17.0. The highest BCUT2D eigenvalue weighted by Crippen LogP contribution is 2.34. The minimum atomic E-state index is -0.699. The first-order valence-corrected chi connectivity index (χ1v) is 9.90. The van der Waals surface area contributed by atoms with Crippen LogP contribution in [0, 0.1) is 11.7 Å². The molecule has 30 heavy (non-hydrogen) atoms. The second-order valence-corrected chi connectivity index (χ2v) is 7.73. The first-order valence-electron chi connectivity index (χ1n) is 9.90. The molecular formula is C23H25FN2O4. The molecule has 2 amide bonds. The first-order chi connectivity index (χ1) is 14.3. The number of amides is 2. The van der Waals surface area contributed by atoms with Gasteiger partial charge in [-0.05, 0) is 62.2 Å². The molecular weight excluding hydrogens is 387 g/mol. The molecule has 0 bridgehead atoms. The Hall–Kier alpha value is -3.22. The van der Waals surface area contributed by atoms with Crippen LogP contribution in [0.15, 0.2) is 48.5 Å². The zero-order chi connectivity index (χ0) is 21.7. The Labute approximate surface area is 174 Å². The molecule has 158 valence electrons. The number of anilines is 1. The molecule has 0 saturated heterocycles. The van der Waals surface area contributed by atoms with Crippen molar-refractivity contribution in [2.75, 3.05) is 12.4 Å². The maximum atomic E-state index is 13.0. The van der Waals surface area contributed by atoms with Gasteiger partial charge in [-0.15, -0.1) is 0 Å². The lowest BCUT2D eigenvalue weighted by Crippen LogP contribution is -2.55. The molecule has 0 radical (unpaired) electrons. The maximum Gasteiger partial charge on any atom is 0.311 e. The summed E-state index contributed by atoms with van der Waals surface area (Å²) in [7, 11) is 1.35. The van der Waals surface area contributed by atoms with Crippen LogP contribution in [0.1, 0.15) is 53.3 Å². The van der Waals surface area contributed by atoms with E-state index in [-0.39, 0.29) is 11.9 Å². The summed E-state index contributed by atoms with van der Waals surface area (Å²) in [5, 5.41) is 5.71. The molecule has 2 aromatic carbocycles. The minimum Gasteiger partial charge on any atom is -0.469 e. The van der Waals surface area contributed by atoms with Crippen molar-refractivity contribution in [3.05, 3.63) is 65.5 Å². The van der Waals surface area contributed by atoms with E-state index < -0.39 is 23.2 Å². The van der Waals surface area contributed by atoms with Crippen LogP contribution in [0.2, 0.25) is 0 Å². The molecule has 0 aliphatic heterocycles. The lowest BCUT2D eigenvalue weighted by Gasteiger charge is -2.40. The predicted octanol–water partition coefficient (Wildman–Crippen LogP) is 3.93. The summed E-state index contributed by atoms with van der Waals surface area (Å²) < 4.78 is 18.0. The van der Waals surface area contributed by atoms with Crippen molar-refractivity contribution in [3.63, 3.8) is 0 Å². The third-order valence-corrected chi connectivity index (χ3v) is 5.58. The molecule has 7 heteroatoms. The van der Waals surface area contributed by atoms with Crippen LogP contribution in [0.4, 0.5) is 10.1 Å². The molecule has 1 fully saturated rings. The van der Waals surface area contributed by atoms with Crippen molar-refractivity contribution in [1.82, 2.24) is 5.32 Å². The van der Waals surface area contributed by atoms with Gasteiger partial charge in [0.15, 0.2) is 0 Å². The highest BCUT2D eigenvalue weighted by atomic mass is 19.1. The fraction of sp³-hybridized carbons (Fsp3) is 0.348.